The second-order valence-corrected chi connectivity index (χ2v) is 9.50. The summed E-state index contributed by atoms with van der Waals surface area (Å²) in [5.41, 5.74) is 5.61. The molecule has 1 aliphatic heterocycles. The highest BCUT2D eigenvalue weighted by Gasteiger charge is 2.21. The first-order chi connectivity index (χ1) is 17.0. The van der Waals surface area contributed by atoms with Gasteiger partial charge in [-0.05, 0) is 49.6 Å². The average Bonchev–Trinajstić information content (AvgIpc) is 3.28. The number of nitrogens with one attached hydrogen (secondary N) is 1. The van der Waals surface area contributed by atoms with Gasteiger partial charge in [-0.3, -0.25) is 4.79 Å². The lowest BCUT2D eigenvalue weighted by molar-refractivity contribution is -0.119. The van der Waals surface area contributed by atoms with Gasteiger partial charge in [-0.25, -0.2) is 9.50 Å². The van der Waals surface area contributed by atoms with Crippen molar-refractivity contribution < 1.29 is 14.3 Å². The van der Waals surface area contributed by atoms with Gasteiger partial charge in [0, 0.05) is 17.8 Å². The Hall–Kier alpha value is -3.59. The molecule has 1 amide bonds. The van der Waals surface area contributed by atoms with Gasteiger partial charge in [0.1, 0.15) is 12.7 Å². The molecule has 3 heterocycles. The van der Waals surface area contributed by atoms with Crippen molar-refractivity contribution in [3.63, 3.8) is 0 Å². The van der Waals surface area contributed by atoms with Gasteiger partial charge in [0.15, 0.2) is 11.5 Å². The predicted molar refractivity (Wildman–Crippen MR) is 134 cm³/mol. The monoisotopic (exact) mass is 489 g/mol. The van der Waals surface area contributed by atoms with Gasteiger partial charge >= 0.3 is 0 Å². The lowest BCUT2D eigenvalue weighted by Gasteiger charge is -2.26. The molecule has 5 rings (SSSR count). The molecule has 2 aromatic heterocycles. The number of amides is 1. The van der Waals surface area contributed by atoms with E-state index in [1.54, 1.807) is 4.52 Å². The Morgan fingerprint density at radius 3 is 2.69 bits per heavy atom. The van der Waals surface area contributed by atoms with Crippen molar-refractivity contribution in [1.29, 1.82) is 0 Å². The average molecular weight is 490 g/mol. The number of carbonyl (C=O) groups excluding carboxylic acids is 1. The third kappa shape index (κ3) is 5.09. The zero-order valence-corrected chi connectivity index (χ0v) is 20.8. The van der Waals surface area contributed by atoms with Crippen LogP contribution >= 0.6 is 11.8 Å². The fourth-order valence-corrected chi connectivity index (χ4v) is 4.73. The summed E-state index contributed by atoms with van der Waals surface area (Å²) < 4.78 is 13.4. The minimum Gasteiger partial charge on any atom is -0.486 e. The van der Waals surface area contributed by atoms with Crippen molar-refractivity contribution in [2.45, 2.75) is 38.5 Å². The predicted octanol–water partition coefficient (Wildman–Crippen LogP) is 3.69. The molecule has 35 heavy (non-hydrogen) atoms. The molecule has 0 spiro atoms. The highest BCUT2D eigenvalue weighted by atomic mass is 32.2. The molecule has 1 N–H and O–H groups in total. The number of aromatic nitrogens is 4. The van der Waals surface area contributed by atoms with E-state index in [2.05, 4.69) is 45.5 Å². The SMILES string of the molecule is Cc1ccccc1Cc1c(C)nc2nc(SCC(=O)NC[C@@H]3COc4ccccc4O3)nn2c1C. The van der Waals surface area contributed by atoms with E-state index in [0.29, 0.717) is 29.8 Å². The zero-order chi connectivity index (χ0) is 24.4. The van der Waals surface area contributed by atoms with Crippen LogP contribution < -0.4 is 14.8 Å². The van der Waals surface area contributed by atoms with E-state index in [-0.39, 0.29) is 17.8 Å². The first kappa shape index (κ1) is 23.2. The van der Waals surface area contributed by atoms with Crippen LogP contribution in [0.15, 0.2) is 53.7 Å². The summed E-state index contributed by atoms with van der Waals surface area (Å²) in [6, 6.07) is 15.9. The third-order valence-electron chi connectivity index (χ3n) is 6.08. The summed E-state index contributed by atoms with van der Waals surface area (Å²) in [5, 5.41) is 8.04. The van der Waals surface area contributed by atoms with E-state index in [1.807, 2.05) is 44.2 Å². The summed E-state index contributed by atoms with van der Waals surface area (Å²) in [4.78, 5) is 21.6. The number of benzene rings is 2. The Balaban J connectivity index is 1.20. The highest BCUT2D eigenvalue weighted by Crippen LogP contribution is 2.30. The fourth-order valence-electron chi connectivity index (χ4n) is 4.08. The number of fused-ring (bicyclic) bond motifs is 2. The van der Waals surface area contributed by atoms with Crippen LogP contribution in [0.1, 0.15) is 28.1 Å². The summed E-state index contributed by atoms with van der Waals surface area (Å²) in [7, 11) is 0. The molecule has 0 aliphatic carbocycles. The molecule has 0 radical (unpaired) electrons. The van der Waals surface area contributed by atoms with Crippen molar-refractivity contribution in [2.24, 2.45) is 0 Å². The molecule has 0 unspecified atom stereocenters. The summed E-state index contributed by atoms with van der Waals surface area (Å²) in [6.45, 7) is 6.93. The molecule has 4 aromatic rings. The second kappa shape index (κ2) is 9.95. The standard InChI is InChI=1S/C26H27N5O3S/c1-16-8-4-5-9-19(16)12-21-17(2)28-25-29-26(30-31(25)18(21)3)35-15-24(32)27-13-20-14-33-22-10-6-7-11-23(22)34-20/h4-11,20H,12-15H2,1-3H3,(H,27,32)/t20-/m1/s1. The van der Waals surface area contributed by atoms with Gasteiger partial charge < -0.3 is 14.8 Å². The Labute approximate surface area is 208 Å². The molecule has 1 atom stereocenters. The molecular formula is C26H27N5O3S. The maximum Gasteiger partial charge on any atom is 0.253 e. The Morgan fingerprint density at radius 2 is 1.86 bits per heavy atom. The summed E-state index contributed by atoms with van der Waals surface area (Å²) >= 11 is 1.29. The normalized spacial score (nSPS) is 14.8. The van der Waals surface area contributed by atoms with E-state index >= 15 is 0 Å². The van der Waals surface area contributed by atoms with Crippen LogP contribution in [0.25, 0.3) is 5.78 Å². The summed E-state index contributed by atoms with van der Waals surface area (Å²) in [5.74, 6) is 2.06. The van der Waals surface area contributed by atoms with Gasteiger partial charge in [0.2, 0.25) is 11.1 Å². The largest absolute Gasteiger partial charge is 0.486 e. The second-order valence-electron chi connectivity index (χ2n) is 8.56. The van der Waals surface area contributed by atoms with Crippen molar-refractivity contribution >= 4 is 23.4 Å². The van der Waals surface area contributed by atoms with Crippen LogP contribution in [0.2, 0.25) is 0 Å². The topological polar surface area (TPSA) is 90.6 Å². The first-order valence-electron chi connectivity index (χ1n) is 11.5. The van der Waals surface area contributed by atoms with Crippen molar-refractivity contribution in [2.75, 3.05) is 18.9 Å². The maximum absolute atomic E-state index is 12.4. The lowest BCUT2D eigenvalue weighted by atomic mass is 9.99. The van der Waals surface area contributed by atoms with Gasteiger partial charge in [-0.1, -0.05) is 48.2 Å². The van der Waals surface area contributed by atoms with Gasteiger partial charge in [0.05, 0.1) is 12.3 Å². The minimum absolute atomic E-state index is 0.114. The molecule has 180 valence electrons. The third-order valence-corrected chi connectivity index (χ3v) is 6.92. The van der Waals surface area contributed by atoms with E-state index in [4.69, 9.17) is 9.47 Å². The van der Waals surface area contributed by atoms with Crippen molar-refractivity contribution in [1.82, 2.24) is 24.9 Å². The summed E-state index contributed by atoms with van der Waals surface area (Å²) in [6.07, 6.45) is 0.559. The van der Waals surface area contributed by atoms with Crippen LogP contribution in [-0.4, -0.2) is 50.5 Å². The van der Waals surface area contributed by atoms with Gasteiger partial charge in [-0.15, -0.1) is 5.10 Å². The number of hydrogen-bond donors (Lipinski definition) is 1. The molecule has 0 saturated heterocycles. The van der Waals surface area contributed by atoms with Gasteiger partial charge in [-0.2, -0.15) is 4.98 Å². The van der Waals surface area contributed by atoms with E-state index < -0.39 is 0 Å². The van der Waals surface area contributed by atoms with Crippen LogP contribution in [0.4, 0.5) is 0 Å². The lowest BCUT2D eigenvalue weighted by Crippen LogP contribution is -2.41. The molecule has 8 nitrogen and oxygen atoms in total. The fraction of sp³-hybridized carbons (Fsp3) is 0.308. The molecule has 1 aliphatic rings. The maximum atomic E-state index is 12.4. The molecule has 9 heteroatoms. The van der Waals surface area contributed by atoms with Crippen LogP contribution in [0, 0.1) is 20.8 Å². The molecular weight excluding hydrogens is 462 g/mol. The Bertz CT molecular complexity index is 1390. The quantitative estimate of drug-likeness (QED) is 0.396. The number of hydrogen-bond acceptors (Lipinski definition) is 7. The zero-order valence-electron chi connectivity index (χ0n) is 19.9. The molecule has 0 fully saturated rings. The molecule has 0 bridgehead atoms. The minimum atomic E-state index is -0.228. The van der Waals surface area contributed by atoms with Crippen LogP contribution in [-0.2, 0) is 11.2 Å². The van der Waals surface area contributed by atoms with Crippen molar-refractivity contribution in [3.05, 3.63) is 76.6 Å². The number of para-hydroxylation sites is 2. The first-order valence-corrected chi connectivity index (χ1v) is 12.5. The number of rotatable bonds is 7. The molecule has 0 saturated carbocycles. The Kier molecular flexibility index (Phi) is 6.59. The number of carbonyl (C=O) groups is 1. The molecule has 2 aromatic carbocycles. The van der Waals surface area contributed by atoms with Crippen LogP contribution in [0.3, 0.4) is 0 Å². The highest BCUT2D eigenvalue weighted by molar-refractivity contribution is 7.99. The van der Waals surface area contributed by atoms with E-state index in [9.17, 15) is 4.79 Å². The number of nitrogens with zero attached hydrogens (tertiary/aromatic N) is 4. The number of thioether (sulfide) groups is 1. The van der Waals surface area contributed by atoms with E-state index in [1.165, 1.54) is 22.9 Å². The van der Waals surface area contributed by atoms with Crippen LogP contribution in [0.5, 0.6) is 11.5 Å². The van der Waals surface area contributed by atoms with E-state index in [0.717, 1.165) is 29.1 Å². The smallest absolute Gasteiger partial charge is 0.253 e. The van der Waals surface area contributed by atoms with Gasteiger partial charge in [0.25, 0.3) is 5.78 Å². The number of aryl methyl sites for hydroxylation is 3. The number of ether oxygens (including phenoxy) is 2. The Morgan fingerprint density at radius 1 is 1.09 bits per heavy atom. The van der Waals surface area contributed by atoms with Crippen molar-refractivity contribution in [3.8, 4) is 11.5 Å².